The van der Waals surface area contributed by atoms with Gasteiger partial charge in [-0.15, -0.1) is 5.10 Å². The molecule has 132 valence electrons. The molecule has 1 fully saturated rings. The molecular weight excluding hydrogens is 328 g/mol. The Morgan fingerprint density at radius 3 is 2.58 bits per heavy atom. The van der Waals surface area contributed by atoms with E-state index in [0.717, 1.165) is 17.7 Å². The lowest BCUT2D eigenvalue weighted by Gasteiger charge is -2.16. The van der Waals surface area contributed by atoms with Gasteiger partial charge in [0, 0.05) is 18.7 Å². The zero-order chi connectivity index (χ0) is 17.8. The predicted octanol–water partition coefficient (Wildman–Crippen LogP) is 2.80. The van der Waals surface area contributed by atoms with E-state index in [9.17, 15) is 4.79 Å². The summed E-state index contributed by atoms with van der Waals surface area (Å²) in [7, 11) is 0. The van der Waals surface area contributed by atoms with Gasteiger partial charge in [0.1, 0.15) is 11.4 Å². The quantitative estimate of drug-likeness (QED) is 0.711. The Hall–Kier alpha value is -3.15. The minimum Gasteiger partial charge on any atom is -0.484 e. The number of para-hydroxylation sites is 1. The Bertz CT molecular complexity index is 864. The van der Waals surface area contributed by atoms with Crippen molar-refractivity contribution < 1.29 is 9.53 Å². The summed E-state index contributed by atoms with van der Waals surface area (Å²) in [6.45, 7) is 1.40. The maximum Gasteiger partial charge on any atom is 0.260 e. The summed E-state index contributed by atoms with van der Waals surface area (Å²) in [6, 6.07) is 19.5. The first kappa shape index (κ1) is 16.3. The van der Waals surface area contributed by atoms with Crippen LogP contribution < -0.4 is 4.74 Å². The van der Waals surface area contributed by atoms with Crippen LogP contribution in [0.3, 0.4) is 0 Å². The molecule has 0 spiro atoms. The highest BCUT2D eigenvalue weighted by atomic mass is 16.5. The van der Waals surface area contributed by atoms with E-state index in [0.29, 0.717) is 18.8 Å². The number of ether oxygens (including phenoxy) is 1. The van der Waals surface area contributed by atoms with Crippen LogP contribution in [0.25, 0.3) is 11.3 Å². The Kier molecular flexibility index (Phi) is 4.64. The van der Waals surface area contributed by atoms with Crippen LogP contribution in [-0.2, 0) is 4.79 Å². The van der Waals surface area contributed by atoms with Gasteiger partial charge in [-0.3, -0.25) is 4.79 Å². The molecule has 6 nitrogen and oxygen atoms in total. The molecule has 2 aromatic carbocycles. The van der Waals surface area contributed by atoms with Crippen LogP contribution in [0.1, 0.15) is 12.5 Å². The van der Waals surface area contributed by atoms with Crippen molar-refractivity contribution in [2.75, 3.05) is 19.7 Å². The van der Waals surface area contributed by atoms with E-state index in [1.54, 1.807) is 0 Å². The van der Waals surface area contributed by atoms with Gasteiger partial charge in [-0.05, 0) is 18.6 Å². The van der Waals surface area contributed by atoms with Crippen molar-refractivity contribution in [2.24, 2.45) is 0 Å². The lowest BCUT2D eigenvalue weighted by atomic mass is 10.2. The first-order valence-corrected chi connectivity index (χ1v) is 8.72. The maximum atomic E-state index is 12.4. The fourth-order valence-electron chi connectivity index (χ4n) is 3.13. The lowest BCUT2D eigenvalue weighted by molar-refractivity contribution is -0.132. The van der Waals surface area contributed by atoms with Crippen LogP contribution in [0.15, 0.2) is 66.9 Å². The van der Waals surface area contributed by atoms with Crippen molar-refractivity contribution in [1.82, 2.24) is 19.9 Å². The molecule has 1 unspecified atom stereocenters. The van der Waals surface area contributed by atoms with Gasteiger partial charge in [-0.2, -0.15) is 0 Å². The lowest BCUT2D eigenvalue weighted by Crippen LogP contribution is -2.33. The fraction of sp³-hybridized carbons (Fsp3) is 0.250. The SMILES string of the molecule is O=C(COc1ccccc1)N1CCC(n2cc(-c3ccccc3)nn2)C1. The number of benzene rings is 2. The van der Waals surface area contributed by atoms with Crippen LogP contribution >= 0.6 is 0 Å². The molecule has 0 bridgehead atoms. The topological polar surface area (TPSA) is 60.2 Å². The van der Waals surface area contributed by atoms with Crippen LogP contribution in [0.2, 0.25) is 0 Å². The molecule has 0 saturated carbocycles. The molecule has 0 N–H and O–H groups in total. The number of carbonyl (C=O) groups is 1. The number of carbonyl (C=O) groups excluding carboxylic acids is 1. The third kappa shape index (κ3) is 3.59. The Labute approximate surface area is 152 Å². The smallest absolute Gasteiger partial charge is 0.260 e. The van der Waals surface area contributed by atoms with Crippen LogP contribution in [0.4, 0.5) is 0 Å². The average molecular weight is 348 g/mol. The monoisotopic (exact) mass is 348 g/mol. The normalized spacial score (nSPS) is 16.6. The van der Waals surface area contributed by atoms with Gasteiger partial charge in [0.15, 0.2) is 6.61 Å². The summed E-state index contributed by atoms with van der Waals surface area (Å²) >= 11 is 0. The summed E-state index contributed by atoms with van der Waals surface area (Å²) in [4.78, 5) is 14.2. The first-order valence-electron chi connectivity index (χ1n) is 8.72. The second-order valence-electron chi connectivity index (χ2n) is 6.33. The largest absolute Gasteiger partial charge is 0.484 e. The van der Waals surface area contributed by atoms with Gasteiger partial charge in [0.2, 0.25) is 0 Å². The average Bonchev–Trinajstić information content (AvgIpc) is 3.37. The summed E-state index contributed by atoms with van der Waals surface area (Å²) in [5, 5.41) is 8.52. The summed E-state index contributed by atoms with van der Waals surface area (Å²) in [5.41, 5.74) is 1.89. The number of hydrogen-bond acceptors (Lipinski definition) is 4. The molecule has 26 heavy (non-hydrogen) atoms. The van der Waals surface area contributed by atoms with Gasteiger partial charge in [-0.25, -0.2) is 4.68 Å². The first-order chi connectivity index (χ1) is 12.8. The summed E-state index contributed by atoms with van der Waals surface area (Å²) < 4.78 is 7.43. The van der Waals surface area contributed by atoms with E-state index in [4.69, 9.17) is 4.74 Å². The highest BCUT2D eigenvalue weighted by Gasteiger charge is 2.28. The van der Waals surface area contributed by atoms with Gasteiger partial charge in [-0.1, -0.05) is 53.7 Å². The third-order valence-electron chi connectivity index (χ3n) is 4.58. The van der Waals surface area contributed by atoms with E-state index < -0.39 is 0 Å². The molecule has 6 heteroatoms. The number of aromatic nitrogens is 3. The molecule has 2 heterocycles. The van der Waals surface area contributed by atoms with Gasteiger partial charge >= 0.3 is 0 Å². The molecule has 0 radical (unpaired) electrons. The standard InChI is InChI=1S/C20H20N4O2/c25-20(15-26-18-9-5-2-6-10-18)23-12-11-17(13-23)24-14-19(21-22-24)16-7-3-1-4-8-16/h1-10,14,17H,11-13,15H2. The third-order valence-corrected chi connectivity index (χ3v) is 4.58. The van der Waals surface area contributed by atoms with Crippen molar-refractivity contribution >= 4 is 5.91 Å². The molecule has 1 atom stereocenters. The zero-order valence-electron chi connectivity index (χ0n) is 14.4. The molecule has 3 aromatic rings. The van der Waals surface area contributed by atoms with Crippen molar-refractivity contribution in [3.8, 4) is 17.0 Å². The second kappa shape index (κ2) is 7.39. The zero-order valence-corrected chi connectivity index (χ0v) is 14.4. The van der Waals surface area contributed by atoms with Crippen LogP contribution in [0, 0.1) is 0 Å². The Balaban J connectivity index is 1.35. The second-order valence-corrected chi connectivity index (χ2v) is 6.33. The molecule has 1 aliphatic rings. The van der Waals surface area contributed by atoms with Gasteiger partial charge < -0.3 is 9.64 Å². The van der Waals surface area contributed by atoms with E-state index in [-0.39, 0.29) is 18.6 Å². The van der Waals surface area contributed by atoms with Crippen LogP contribution in [-0.4, -0.2) is 45.5 Å². The number of hydrogen-bond donors (Lipinski definition) is 0. The van der Waals surface area contributed by atoms with E-state index in [2.05, 4.69) is 10.3 Å². The minimum absolute atomic E-state index is 0.000230. The number of likely N-dealkylation sites (tertiary alicyclic amines) is 1. The molecule has 1 saturated heterocycles. The van der Waals surface area contributed by atoms with Crippen molar-refractivity contribution in [3.63, 3.8) is 0 Å². The minimum atomic E-state index is -0.000230. The number of rotatable bonds is 5. The Morgan fingerprint density at radius 2 is 1.81 bits per heavy atom. The number of amides is 1. The van der Waals surface area contributed by atoms with Crippen molar-refractivity contribution in [3.05, 3.63) is 66.9 Å². The summed E-state index contributed by atoms with van der Waals surface area (Å²) in [5.74, 6) is 0.708. The highest BCUT2D eigenvalue weighted by molar-refractivity contribution is 5.78. The maximum absolute atomic E-state index is 12.4. The van der Waals surface area contributed by atoms with Gasteiger partial charge in [0.25, 0.3) is 5.91 Å². The molecular formula is C20H20N4O2. The van der Waals surface area contributed by atoms with Crippen molar-refractivity contribution in [1.29, 1.82) is 0 Å². The fourth-order valence-corrected chi connectivity index (χ4v) is 3.13. The van der Waals surface area contributed by atoms with E-state index in [1.807, 2.05) is 76.4 Å². The molecule has 4 rings (SSSR count). The molecule has 1 aliphatic heterocycles. The number of nitrogens with zero attached hydrogens (tertiary/aromatic N) is 4. The van der Waals surface area contributed by atoms with Crippen LogP contribution in [0.5, 0.6) is 5.75 Å². The van der Waals surface area contributed by atoms with E-state index in [1.165, 1.54) is 0 Å². The summed E-state index contributed by atoms with van der Waals surface area (Å²) in [6.07, 6.45) is 2.82. The predicted molar refractivity (Wildman–Crippen MR) is 97.6 cm³/mol. The molecule has 1 aromatic heterocycles. The molecule has 0 aliphatic carbocycles. The van der Waals surface area contributed by atoms with Crippen molar-refractivity contribution in [2.45, 2.75) is 12.5 Å². The molecule has 1 amide bonds. The van der Waals surface area contributed by atoms with Gasteiger partial charge in [0.05, 0.1) is 12.2 Å². The highest BCUT2D eigenvalue weighted by Crippen LogP contribution is 2.23. The Morgan fingerprint density at radius 1 is 1.08 bits per heavy atom. The van der Waals surface area contributed by atoms with E-state index >= 15 is 0 Å².